The number of carbonyl (C=O) groups excluding carboxylic acids is 1. The first kappa shape index (κ1) is 25.9. The van der Waals surface area contributed by atoms with E-state index in [4.69, 9.17) is 9.84 Å². The van der Waals surface area contributed by atoms with Gasteiger partial charge in [0.15, 0.2) is 0 Å². The molecule has 0 saturated heterocycles. The third-order valence-corrected chi connectivity index (χ3v) is 5.80. The lowest BCUT2D eigenvalue weighted by Crippen LogP contribution is -2.36. The molecule has 0 aliphatic heterocycles. The van der Waals surface area contributed by atoms with Crippen molar-refractivity contribution in [3.63, 3.8) is 0 Å². The van der Waals surface area contributed by atoms with Crippen LogP contribution in [0.3, 0.4) is 0 Å². The SMILES string of the molecule is O=C(O)CC[C@@H](Cc1ccc(Oc2ccccn2)cc1)NC(=O)CCCCCCc1ccccc1. The number of nitrogens with zero attached hydrogens (tertiary/aromatic N) is 1. The van der Waals surface area contributed by atoms with Crippen LogP contribution in [-0.4, -0.2) is 28.0 Å². The summed E-state index contributed by atoms with van der Waals surface area (Å²) in [5.74, 6) is 0.318. The smallest absolute Gasteiger partial charge is 0.303 e. The van der Waals surface area contributed by atoms with Crippen molar-refractivity contribution < 1.29 is 19.4 Å². The van der Waals surface area contributed by atoms with Gasteiger partial charge in [-0.2, -0.15) is 0 Å². The number of hydrogen-bond acceptors (Lipinski definition) is 4. The molecule has 0 spiro atoms. The monoisotopic (exact) mass is 474 g/mol. The average Bonchev–Trinajstić information content (AvgIpc) is 2.87. The summed E-state index contributed by atoms with van der Waals surface area (Å²) < 4.78 is 5.72. The number of carboxylic acid groups (broad SMARTS) is 1. The maximum atomic E-state index is 12.5. The molecule has 35 heavy (non-hydrogen) atoms. The third kappa shape index (κ3) is 10.4. The molecule has 6 nitrogen and oxygen atoms in total. The van der Waals surface area contributed by atoms with Crippen molar-refractivity contribution in [1.82, 2.24) is 10.3 Å². The minimum atomic E-state index is -0.859. The summed E-state index contributed by atoms with van der Waals surface area (Å²) >= 11 is 0. The van der Waals surface area contributed by atoms with Crippen LogP contribution in [0, 0.1) is 0 Å². The van der Waals surface area contributed by atoms with Crippen LogP contribution >= 0.6 is 0 Å². The van der Waals surface area contributed by atoms with E-state index in [9.17, 15) is 9.59 Å². The number of aryl methyl sites for hydroxylation is 1. The summed E-state index contributed by atoms with van der Waals surface area (Å²) in [7, 11) is 0. The lowest BCUT2D eigenvalue weighted by molar-refractivity contribution is -0.137. The number of aromatic nitrogens is 1. The third-order valence-electron chi connectivity index (χ3n) is 5.80. The molecule has 1 atom stereocenters. The highest BCUT2D eigenvalue weighted by Gasteiger charge is 2.15. The fourth-order valence-corrected chi connectivity index (χ4v) is 3.94. The average molecular weight is 475 g/mol. The Morgan fingerprint density at radius 3 is 2.29 bits per heavy atom. The molecule has 0 aliphatic carbocycles. The first-order valence-corrected chi connectivity index (χ1v) is 12.3. The zero-order valence-electron chi connectivity index (χ0n) is 20.1. The Morgan fingerprint density at radius 1 is 0.829 bits per heavy atom. The predicted octanol–water partition coefficient (Wildman–Crippen LogP) is 5.96. The summed E-state index contributed by atoms with van der Waals surface area (Å²) in [6, 6.07) is 23.3. The van der Waals surface area contributed by atoms with Gasteiger partial charge in [0.2, 0.25) is 11.8 Å². The van der Waals surface area contributed by atoms with E-state index in [1.54, 1.807) is 12.3 Å². The van der Waals surface area contributed by atoms with Gasteiger partial charge in [-0.15, -0.1) is 0 Å². The van der Waals surface area contributed by atoms with Crippen LogP contribution < -0.4 is 10.1 Å². The van der Waals surface area contributed by atoms with Crippen molar-refractivity contribution in [1.29, 1.82) is 0 Å². The highest BCUT2D eigenvalue weighted by atomic mass is 16.5. The van der Waals surface area contributed by atoms with Gasteiger partial charge < -0.3 is 15.2 Å². The summed E-state index contributed by atoms with van der Waals surface area (Å²) in [5.41, 5.74) is 2.36. The number of nitrogens with one attached hydrogen (secondary N) is 1. The molecule has 0 bridgehead atoms. The molecule has 0 saturated carbocycles. The van der Waals surface area contributed by atoms with Gasteiger partial charge in [-0.3, -0.25) is 9.59 Å². The van der Waals surface area contributed by atoms with E-state index in [-0.39, 0.29) is 18.4 Å². The number of hydrogen-bond donors (Lipinski definition) is 2. The molecular weight excluding hydrogens is 440 g/mol. The van der Waals surface area contributed by atoms with E-state index in [1.807, 2.05) is 42.5 Å². The zero-order chi connectivity index (χ0) is 24.7. The van der Waals surface area contributed by atoms with Crippen LogP contribution in [0.5, 0.6) is 11.6 Å². The number of ether oxygens (including phenoxy) is 1. The quantitative estimate of drug-likeness (QED) is 0.265. The molecule has 6 heteroatoms. The Bertz CT molecular complexity index is 1020. The summed E-state index contributed by atoms with van der Waals surface area (Å²) in [6.45, 7) is 0. The molecular formula is C29H34N2O4. The number of aliphatic carboxylic acids is 1. The predicted molar refractivity (Wildman–Crippen MR) is 136 cm³/mol. The summed E-state index contributed by atoms with van der Waals surface area (Å²) in [6.07, 6.45) is 8.25. The van der Waals surface area contributed by atoms with Crippen molar-refractivity contribution in [2.45, 2.75) is 63.8 Å². The molecule has 0 radical (unpaired) electrons. The molecule has 1 amide bonds. The van der Waals surface area contributed by atoms with Crippen LogP contribution in [0.1, 0.15) is 56.1 Å². The van der Waals surface area contributed by atoms with Gasteiger partial charge in [-0.25, -0.2) is 4.98 Å². The first-order chi connectivity index (χ1) is 17.1. The van der Waals surface area contributed by atoms with Crippen molar-refractivity contribution in [3.8, 4) is 11.6 Å². The summed E-state index contributed by atoms with van der Waals surface area (Å²) in [4.78, 5) is 27.8. The van der Waals surface area contributed by atoms with E-state index in [2.05, 4.69) is 34.6 Å². The lowest BCUT2D eigenvalue weighted by Gasteiger charge is -2.18. The van der Waals surface area contributed by atoms with Gasteiger partial charge in [0.25, 0.3) is 0 Å². The topological polar surface area (TPSA) is 88.5 Å². The standard InChI is InChI=1S/C29H34N2O4/c32-27(13-7-2-1-4-10-23-11-5-3-6-12-23)31-25(17-20-29(33)34)22-24-15-18-26(19-16-24)35-28-14-8-9-21-30-28/h3,5-6,8-9,11-12,14-16,18-19,21,25H,1-2,4,7,10,13,17,20,22H2,(H,31,32)(H,33,34)/t25-/m0/s1. The second kappa shape index (κ2) is 14.6. The number of pyridine rings is 1. The number of amides is 1. The molecule has 0 aliphatic rings. The highest BCUT2D eigenvalue weighted by Crippen LogP contribution is 2.20. The van der Waals surface area contributed by atoms with Crippen LogP contribution in [0.15, 0.2) is 79.0 Å². The highest BCUT2D eigenvalue weighted by molar-refractivity contribution is 5.76. The molecule has 3 aromatic rings. The first-order valence-electron chi connectivity index (χ1n) is 12.3. The van der Waals surface area contributed by atoms with E-state index < -0.39 is 5.97 Å². The van der Waals surface area contributed by atoms with Crippen molar-refractivity contribution >= 4 is 11.9 Å². The Morgan fingerprint density at radius 2 is 1.57 bits per heavy atom. The molecule has 184 valence electrons. The van der Waals surface area contributed by atoms with Gasteiger partial charge in [0.1, 0.15) is 5.75 Å². The minimum Gasteiger partial charge on any atom is -0.481 e. The van der Waals surface area contributed by atoms with Crippen LogP contribution in [0.25, 0.3) is 0 Å². The minimum absolute atomic E-state index is 0.0152. The van der Waals surface area contributed by atoms with E-state index in [0.29, 0.717) is 30.9 Å². The van der Waals surface area contributed by atoms with Gasteiger partial charge in [-0.1, -0.05) is 61.4 Å². The Labute approximate surface area is 207 Å². The molecule has 0 fully saturated rings. The second-order valence-electron chi connectivity index (χ2n) is 8.71. The maximum absolute atomic E-state index is 12.5. The Balaban J connectivity index is 1.41. The maximum Gasteiger partial charge on any atom is 0.303 e. The molecule has 1 heterocycles. The largest absolute Gasteiger partial charge is 0.481 e. The fourth-order valence-electron chi connectivity index (χ4n) is 3.94. The molecule has 3 rings (SSSR count). The van der Waals surface area contributed by atoms with Crippen molar-refractivity contribution in [2.24, 2.45) is 0 Å². The number of unbranched alkanes of at least 4 members (excludes halogenated alkanes) is 3. The Hall–Kier alpha value is -3.67. The number of carboxylic acids is 1. The number of rotatable bonds is 15. The number of benzene rings is 2. The zero-order valence-corrected chi connectivity index (χ0v) is 20.1. The lowest BCUT2D eigenvalue weighted by atomic mass is 10.0. The van der Waals surface area contributed by atoms with E-state index >= 15 is 0 Å². The van der Waals surface area contributed by atoms with Crippen molar-refractivity contribution in [3.05, 3.63) is 90.1 Å². The van der Waals surface area contributed by atoms with Crippen LogP contribution in [0.4, 0.5) is 0 Å². The van der Waals surface area contributed by atoms with Gasteiger partial charge in [0, 0.05) is 31.1 Å². The van der Waals surface area contributed by atoms with E-state index in [0.717, 1.165) is 37.7 Å². The molecule has 2 aromatic carbocycles. The molecule has 0 unspecified atom stereocenters. The van der Waals surface area contributed by atoms with Crippen LogP contribution in [-0.2, 0) is 22.4 Å². The van der Waals surface area contributed by atoms with Gasteiger partial charge in [-0.05, 0) is 61.4 Å². The fraction of sp³-hybridized carbons (Fsp3) is 0.345. The summed E-state index contributed by atoms with van der Waals surface area (Å²) in [5, 5.41) is 12.2. The normalized spacial score (nSPS) is 11.5. The van der Waals surface area contributed by atoms with Gasteiger partial charge in [0.05, 0.1) is 0 Å². The second-order valence-corrected chi connectivity index (χ2v) is 8.71. The van der Waals surface area contributed by atoms with Gasteiger partial charge >= 0.3 is 5.97 Å². The van der Waals surface area contributed by atoms with Crippen molar-refractivity contribution in [2.75, 3.05) is 0 Å². The number of carbonyl (C=O) groups is 2. The van der Waals surface area contributed by atoms with E-state index in [1.165, 1.54) is 5.56 Å². The Kier molecular flexibility index (Phi) is 10.8. The molecule has 1 aromatic heterocycles. The molecule has 2 N–H and O–H groups in total. The van der Waals surface area contributed by atoms with Crippen LogP contribution in [0.2, 0.25) is 0 Å².